The van der Waals surface area contributed by atoms with E-state index < -0.39 is 0 Å². The maximum Gasteiger partial charge on any atom is 0.251 e. The van der Waals surface area contributed by atoms with Crippen molar-refractivity contribution in [2.75, 3.05) is 20.1 Å². The average Bonchev–Trinajstić information content (AvgIpc) is 2.30. The Morgan fingerprint density at radius 2 is 2.00 bits per heavy atom. The number of rotatable bonds is 5. The third-order valence-electron chi connectivity index (χ3n) is 2.80. The highest BCUT2D eigenvalue weighted by Gasteiger charge is 2.18. The lowest BCUT2D eigenvalue weighted by atomic mass is 9.93. The van der Waals surface area contributed by atoms with Gasteiger partial charge in [0, 0.05) is 18.7 Å². The number of hydrogen-bond donors (Lipinski definition) is 2. The van der Waals surface area contributed by atoms with Gasteiger partial charge in [-0.15, -0.1) is 0 Å². The first-order valence-corrected chi connectivity index (χ1v) is 6.05. The molecule has 1 aromatic carbocycles. The zero-order valence-electron chi connectivity index (χ0n) is 11.4. The molecule has 2 N–H and O–H groups in total. The zero-order valence-corrected chi connectivity index (χ0v) is 11.4. The van der Waals surface area contributed by atoms with Crippen molar-refractivity contribution >= 4 is 5.91 Å². The fourth-order valence-corrected chi connectivity index (χ4v) is 1.75. The maximum atomic E-state index is 13.1. The van der Waals surface area contributed by atoms with Gasteiger partial charge in [0.2, 0.25) is 0 Å². The summed E-state index contributed by atoms with van der Waals surface area (Å²) in [6, 6.07) is 4.39. The Morgan fingerprint density at radius 1 is 1.33 bits per heavy atom. The van der Waals surface area contributed by atoms with Crippen LogP contribution >= 0.6 is 0 Å². The Bertz CT molecular complexity index is 430. The molecular weight excluding hydrogens is 231 g/mol. The molecular formula is C14H21FN2O. The highest BCUT2D eigenvalue weighted by Crippen LogP contribution is 2.13. The molecule has 0 saturated heterocycles. The molecule has 3 nitrogen and oxygen atoms in total. The van der Waals surface area contributed by atoms with E-state index in [1.165, 1.54) is 12.1 Å². The van der Waals surface area contributed by atoms with Gasteiger partial charge in [0.25, 0.3) is 5.91 Å². The van der Waals surface area contributed by atoms with Crippen LogP contribution in [0.25, 0.3) is 0 Å². The van der Waals surface area contributed by atoms with E-state index in [1.807, 2.05) is 7.05 Å². The van der Waals surface area contributed by atoms with Crippen LogP contribution in [0.3, 0.4) is 0 Å². The van der Waals surface area contributed by atoms with Gasteiger partial charge in [0.1, 0.15) is 5.82 Å². The quantitative estimate of drug-likeness (QED) is 0.842. The second kappa shape index (κ2) is 5.96. The van der Waals surface area contributed by atoms with Crippen LogP contribution in [0, 0.1) is 18.2 Å². The van der Waals surface area contributed by atoms with E-state index in [0.717, 1.165) is 6.54 Å². The number of nitrogens with one attached hydrogen (secondary N) is 2. The van der Waals surface area contributed by atoms with Gasteiger partial charge in [-0.25, -0.2) is 4.39 Å². The summed E-state index contributed by atoms with van der Waals surface area (Å²) in [5.74, 6) is -0.454. The minimum Gasteiger partial charge on any atom is -0.351 e. The van der Waals surface area contributed by atoms with Crippen LogP contribution in [0.15, 0.2) is 18.2 Å². The molecule has 0 saturated carbocycles. The Hall–Kier alpha value is -1.42. The highest BCUT2D eigenvalue weighted by atomic mass is 19.1. The highest BCUT2D eigenvalue weighted by molar-refractivity contribution is 5.94. The van der Waals surface area contributed by atoms with Crippen molar-refractivity contribution in [1.82, 2.24) is 10.6 Å². The van der Waals surface area contributed by atoms with Crippen molar-refractivity contribution in [3.63, 3.8) is 0 Å². The number of halogens is 1. The molecule has 1 amide bonds. The summed E-state index contributed by atoms with van der Waals surface area (Å²) < 4.78 is 13.1. The van der Waals surface area contributed by atoms with Gasteiger partial charge in [-0.2, -0.15) is 0 Å². The molecule has 0 aliphatic heterocycles. The lowest BCUT2D eigenvalue weighted by Crippen LogP contribution is -2.39. The first kappa shape index (κ1) is 14.6. The number of aryl methyl sites for hydroxylation is 1. The van der Waals surface area contributed by atoms with Gasteiger partial charge in [-0.05, 0) is 43.1 Å². The van der Waals surface area contributed by atoms with Crippen LogP contribution < -0.4 is 10.6 Å². The summed E-state index contributed by atoms with van der Waals surface area (Å²) >= 11 is 0. The Kier molecular flexibility index (Phi) is 4.84. The fraction of sp³-hybridized carbons (Fsp3) is 0.500. The molecule has 0 bridgehead atoms. The van der Waals surface area contributed by atoms with E-state index in [4.69, 9.17) is 0 Å². The van der Waals surface area contributed by atoms with E-state index in [9.17, 15) is 9.18 Å². The Labute approximate surface area is 108 Å². The van der Waals surface area contributed by atoms with Gasteiger partial charge >= 0.3 is 0 Å². The Balaban J connectivity index is 2.63. The number of carbonyl (C=O) groups excluding carboxylic acids is 1. The van der Waals surface area contributed by atoms with Crippen molar-refractivity contribution in [3.8, 4) is 0 Å². The van der Waals surface area contributed by atoms with E-state index in [-0.39, 0.29) is 17.1 Å². The molecule has 1 aromatic rings. The minimum absolute atomic E-state index is 0.0144. The monoisotopic (exact) mass is 252 g/mol. The van der Waals surface area contributed by atoms with Gasteiger partial charge in [0.05, 0.1) is 0 Å². The summed E-state index contributed by atoms with van der Waals surface area (Å²) in [6.07, 6.45) is 0. The second-order valence-electron chi connectivity index (χ2n) is 5.34. The number of carbonyl (C=O) groups is 1. The van der Waals surface area contributed by atoms with Crippen molar-refractivity contribution in [2.45, 2.75) is 20.8 Å². The van der Waals surface area contributed by atoms with Gasteiger partial charge in [-0.3, -0.25) is 4.79 Å². The zero-order chi connectivity index (χ0) is 13.8. The van der Waals surface area contributed by atoms with E-state index >= 15 is 0 Å². The molecule has 1 rings (SSSR count). The topological polar surface area (TPSA) is 41.1 Å². The molecule has 0 fully saturated rings. The molecule has 0 unspecified atom stereocenters. The molecule has 18 heavy (non-hydrogen) atoms. The van der Waals surface area contributed by atoms with E-state index in [2.05, 4.69) is 24.5 Å². The van der Waals surface area contributed by atoms with Crippen LogP contribution in [0.4, 0.5) is 4.39 Å². The van der Waals surface area contributed by atoms with Crippen LogP contribution in [-0.2, 0) is 0 Å². The predicted octanol–water partition coefficient (Wildman–Crippen LogP) is 2.11. The molecule has 0 aliphatic carbocycles. The summed E-state index contributed by atoms with van der Waals surface area (Å²) in [7, 11) is 1.88. The number of hydrogen-bond acceptors (Lipinski definition) is 2. The van der Waals surface area contributed by atoms with Crippen LogP contribution in [-0.4, -0.2) is 26.0 Å². The normalized spacial score (nSPS) is 11.4. The number of benzene rings is 1. The molecule has 4 heteroatoms. The largest absolute Gasteiger partial charge is 0.351 e. The minimum atomic E-state index is -0.290. The molecule has 0 atom stereocenters. The molecule has 0 aromatic heterocycles. The summed E-state index contributed by atoms with van der Waals surface area (Å²) in [4.78, 5) is 11.9. The van der Waals surface area contributed by atoms with Crippen LogP contribution in [0.2, 0.25) is 0 Å². The maximum absolute atomic E-state index is 13.1. The summed E-state index contributed by atoms with van der Waals surface area (Å²) in [6.45, 7) is 7.18. The SMILES string of the molecule is CNCC(C)(C)CNC(=O)c1ccc(F)c(C)c1. The third kappa shape index (κ3) is 4.11. The molecule has 0 radical (unpaired) electrons. The van der Waals surface area contributed by atoms with Gasteiger partial charge in [-0.1, -0.05) is 13.8 Å². The first-order valence-electron chi connectivity index (χ1n) is 6.05. The molecule has 0 heterocycles. The lowest BCUT2D eigenvalue weighted by Gasteiger charge is -2.24. The molecule has 0 spiro atoms. The van der Waals surface area contributed by atoms with Crippen molar-refractivity contribution in [1.29, 1.82) is 0 Å². The Morgan fingerprint density at radius 3 is 2.56 bits per heavy atom. The predicted molar refractivity (Wildman–Crippen MR) is 71.2 cm³/mol. The lowest BCUT2D eigenvalue weighted by molar-refractivity contribution is 0.0936. The standard InChI is InChI=1S/C14H21FN2O/c1-10-7-11(5-6-12(10)15)13(18)17-9-14(2,3)8-16-4/h5-7,16H,8-9H2,1-4H3,(H,17,18). The average molecular weight is 252 g/mol. The van der Waals surface area contributed by atoms with Crippen LogP contribution in [0.1, 0.15) is 29.8 Å². The van der Waals surface area contributed by atoms with Crippen molar-refractivity contribution in [3.05, 3.63) is 35.1 Å². The van der Waals surface area contributed by atoms with Crippen LogP contribution in [0.5, 0.6) is 0 Å². The van der Waals surface area contributed by atoms with E-state index in [0.29, 0.717) is 17.7 Å². The fourth-order valence-electron chi connectivity index (χ4n) is 1.75. The molecule has 0 aliphatic rings. The first-order chi connectivity index (χ1) is 8.35. The molecule has 100 valence electrons. The van der Waals surface area contributed by atoms with Gasteiger partial charge in [0.15, 0.2) is 0 Å². The smallest absolute Gasteiger partial charge is 0.251 e. The van der Waals surface area contributed by atoms with Crippen molar-refractivity contribution in [2.24, 2.45) is 5.41 Å². The second-order valence-corrected chi connectivity index (χ2v) is 5.34. The third-order valence-corrected chi connectivity index (χ3v) is 2.80. The number of amides is 1. The van der Waals surface area contributed by atoms with Crippen molar-refractivity contribution < 1.29 is 9.18 Å². The summed E-state index contributed by atoms with van der Waals surface area (Å²) in [5.41, 5.74) is 0.964. The van der Waals surface area contributed by atoms with E-state index in [1.54, 1.807) is 13.0 Å². The van der Waals surface area contributed by atoms with Gasteiger partial charge < -0.3 is 10.6 Å². The summed E-state index contributed by atoms with van der Waals surface area (Å²) in [5, 5.41) is 5.96.